The van der Waals surface area contributed by atoms with Crippen molar-refractivity contribution in [3.8, 4) is 0 Å². The third-order valence-corrected chi connectivity index (χ3v) is 18.6. The highest BCUT2D eigenvalue weighted by molar-refractivity contribution is 7.99. The van der Waals surface area contributed by atoms with Crippen molar-refractivity contribution >= 4 is 105 Å². The second-order valence-corrected chi connectivity index (χ2v) is 25.9. The van der Waals surface area contributed by atoms with Crippen LogP contribution in [0.5, 0.6) is 0 Å². The summed E-state index contributed by atoms with van der Waals surface area (Å²) in [5.74, 6) is -14.3. The lowest BCUT2D eigenvalue weighted by Crippen LogP contribution is -2.56. The number of aliphatic hydroxyl groups is 3. The number of imide groups is 1. The normalized spacial score (nSPS) is 24.0. The van der Waals surface area contributed by atoms with Gasteiger partial charge in [0.05, 0.1) is 61.0 Å². The lowest BCUT2D eigenvalue weighted by molar-refractivity contribution is -0.145. The Morgan fingerprint density at radius 3 is 2.16 bits per heavy atom. The molecule has 10 amide bonds. The van der Waals surface area contributed by atoms with E-state index in [1.807, 2.05) is 6.92 Å². The maximum atomic E-state index is 15.1. The van der Waals surface area contributed by atoms with Crippen LogP contribution in [0.2, 0.25) is 0 Å². The van der Waals surface area contributed by atoms with Crippen molar-refractivity contribution < 1.29 is 77.6 Å². The van der Waals surface area contributed by atoms with Gasteiger partial charge in [-0.1, -0.05) is 84.9 Å². The van der Waals surface area contributed by atoms with Gasteiger partial charge in [-0.3, -0.25) is 67.2 Å². The maximum Gasteiger partial charge on any atom is 0.253 e. The second kappa shape index (κ2) is 32.8. The molecular weight excluding hydrogens is 1220 g/mol. The van der Waals surface area contributed by atoms with E-state index in [0.717, 1.165) is 33.7 Å². The zero-order valence-corrected chi connectivity index (χ0v) is 53.9. The molecule has 1 aromatic heterocycles. The largest absolute Gasteiger partial charge is 0.394 e. The molecule has 2 aromatic carbocycles. The molecule has 12 N–H and O–H groups in total. The summed E-state index contributed by atoms with van der Waals surface area (Å²) in [6.07, 6.45) is -3.00. The van der Waals surface area contributed by atoms with Crippen molar-refractivity contribution in [1.29, 1.82) is 0 Å². The van der Waals surface area contributed by atoms with Crippen LogP contribution in [0.15, 0.2) is 78.0 Å². The smallest absolute Gasteiger partial charge is 0.253 e. The molecule has 4 unspecified atom stereocenters. The summed E-state index contributed by atoms with van der Waals surface area (Å²) in [5.41, 5.74) is 2.26. The van der Waals surface area contributed by atoms with Gasteiger partial charge in [0.15, 0.2) is 17.3 Å². The minimum atomic E-state index is -1.58. The molecule has 0 saturated carbocycles. The summed E-state index contributed by atoms with van der Waals surface area (Å²) in [4.78, 5) is 185. The number of nitrogens with one attached hydrogen (secondary N) is 9. The number of aliphatic hydroxyl groups excluding tert-OH is 3. The predicted molar refractivity (Wildman–Crippen MR) is 340 cm³/mol. The number of Topliss-reactive ketones (excluding diaryl/α,β-unsaturated/α-hetero) is 3. The van der Waals surface area contributed by atoms with Crippen molar-refractivity contribution in [3.63, 3.8) is 0 Å². The van der Waals surface area contributed by atoms with Crippen LogP contribution < -0.4 is 42.5 Å². The summed E-state index contributed by atoms with van der Waals surface area (Å²) >= 11 is 1.10. The van der Waals surface area contributed by atoms with E-state index < -0.39 is 181 Å². The monoisotopic (exact) mass is 1310 g/mol. The van der Waals surface area contributed by atoms with Crippen molar-refractivity contribution in [2.45, 2.75) is 147 Å². The molecule has 93 heavy (non-hydrogen) atoms. The average molecular weight is 1310 g/mol. The topological polar surface area (TPSA) is 401 Å². The van der Waals surface area contributed by atoms with E-state index in [2.05, 4.69) is 54.1 Å². The van der Waals surface area contributed by atoms with Crippen molar-refractivity contribution in [2.24, 2.45) is 35.5 Å². The SMILES string of the molecule is C=C1CNC(=O)C2CC(=O)[C@H]([C@@H](C)[C@@H](O)CO)NC(=O)[C@@H]3CC(O)CN3C(=O)[C@H](CC(=O)NCc3ccc(NC(=O)[C@H](C)CC(=O)C(NC(=O)CCN4C(=O)C=CC4=O)C(C)C)cc3)CC(=O)C(CSc3[nH]c4ccccc4c3C2)NC(=O)CNC(=O)[C@H]([C@@H](C)CC)N1. The van der Waals surface area contributed by atoms with E-state index >= 15 is 9.59 Å². The summed E-state index contributed by atoms with van der Waals surface area (Å²) < 4.78 is 0. The van der Waals surface area contributed by atoms with Gasteiger partial charge in [0, 0.05) is 116 Å². The number of ketones is 3. The standard InChI is InChI=1S/C65H85N11O16S/c1-8-34(4)58-63(91)68-29-54(85)71-46-32-93-64-44(43-11-9-10-12-45(43)72-64)22-39(61(89)67-27-36(6)69-58)23-50(81)59(37(7)51(82)31-77)74-62(90)47-26-42(78)30-76(47)65(92)40(24-48(46)79)25-53(84)66-28-38-13-15-41(16-14-38)70-60(88)35(5)21-49(80)57(33(2)3)73-52(83)19-20-75-55(86)17-18-56(75)87/h9-18,33-35,37,39-40,42,46-47,51,57-59,69,72,77-78,82H,6,8,19-32H2,1-5,7H3,(H,66,84)(H,67,89)(H,68,91)(H,70,88)(H,71,85)(H,73,83)(H,74,90)/t34-,35+,37-,39?,40-,42?,46?,47-,51-,57?,58-,59-/m0/s1. The van der Waals surface area contributed by atoms with Gasteiger partial charge >= 0.3 is 0 Å². The van der Waals surface area contributed by atoms with Gasteiger partial charge in [-0.05, 0) is 47.6 Å². The fraction of sp³-hybridized carbons (Fsp3) is 0.523. The lowest BCUT2D eigenvalue weighted by Gasteiger charge is -2.32. The first-order valence-electron chi connectivity index (χ1n) is 31.3. The Hall–Kier alpha value is -8.60. The third kappa shape index (κ3) is 19.0. The summed E-state index contributed by atoms with van der Waals surface area (Å²) in [7, 11) is 0. The van der Waals surface area contributed by atoms with E-state index in [0.29, 0.717) is 39.2 Å². The van der Waals surface area contributed by atoms with Gasteiger partial charge in [-0.15, -0.1) is 11.8 Å². The molecule has 4 aliphatic rings. The Labute approximate surface area is 542 Å². The molecular formula is C65H85N11O16S. The maximum absolute atomic E-state index is 15.1. The zero-order valence-electron chi connectivity index (χ0n) is 53.0. The quantitative estimate of drug-likeness (QED) is 0.0720. The molecule has 0 radical (unpaired) electrons. The van der Waals surface area contributed by atoms with E-state index in [1.54, 1.807) is 76.2 Å². The highest BCUT2D eigenvalue weighted by Gasteiger charge is 2.45. The number of amides is 10. The van der Waals surface area contributed by atoms with Crippen LogP contribution >= 0.6 is 11.8 Å². The summed E-state index contributed by atoms with van der Waals surface area (Å²) in [5, 5.41) is 55.5. The number of rotatable bonds is 19. The summed E-state index contributed by atoms with van der Waals surface area (Å²) in [6.45, 7) is 11.8. The summed E-state index contributed by atoms with van der Waals surface area (Å²) in [6, 6.07) is 7.04. The number of hydrogen-bond acceptors (Lipinski definition) is 18. The van der Waals surface area contributed by atoms with E-state index in [4.69, 9.17) is 0 Å². The number of anilines is 1. The molecule has 7 rings (SSSR count). The number of fused-ring (bicyclic) bond motifs is 5. The predicted octanol–water partition coefficient (Wildman–Crippen LogP) is 0.348. The highest BCUT2D eigenvalue weighted by atomic mass is 32.2. The number of aromatic amines is 1. The van der Waals surface area contributed by atoms with E-state index in [-0.39, 0.29) is 68.6 Å². The Morgan fingerprint density at radius 1 is 0.796 bits per heavy atom. The minimum absolute atomic E-state index is 0.107. The fourth-order valence-electron chi connectivity index (χ4n) is 11.6. The van der Waals surface area contributed by atoms with Crippen LogP contribution in [0.4, 0.5) is 5.69 Å². The zero-order chi connectivity index (χ0) is 68.0. The Balaban J connectivity index is 1.14. The molecule has 27 nitrogen and oxygen atoms in total. The molecule has 3 aromatic rings. The molecule has 0 aliphatic carbocycles. The average Bonchev–Trinajstić information content (AvgIpc) is 1.71. The molecule has 28 heteroatoms. The highest BCUT2D eigenvalue weighted by Crippen LogP contribution is 2.35. The van der Waals surface area contributed by atoms with Crippen molar-refractivity contribution in [2.75, 3.05) is 43.9 Å². The molecule has 1 fully saturated rings. The number of para-hydroxylation sites is 1. The van der Waals surface area contributed by atoms with Crippen LogP contribution in [0.1, 0.15) is 97.6 Å². The van der Waals surface area contributed by atoms with Crippen molar-refractivity contribution in [3.05, 3.63) is 84.1 Å². The molecule has 5 heterocycles. The molecule has 1 saturated heterocycles. The van der Waals surface area contributed by atoms with Crippen LogP contribution in [-0.4, -0.2) is 187 Å². The first-order chi connectivity index (χ1) is 44.2. The van der Waals surface area contributed by atoms with Crippen LogP contribution in [-0.2, 0) is 75.3 Å². The molecule has 12 atom stereocenters. The molecule has 0 spiro atoms. The lowest BCUT2D eigenvalue weighted by atomic mass is 9.85. The minimum Gasteiger partial charge on any atom is -0.394 e. The van der Waals surface area contributed by atoms with Gasteiger partial charge in [-0.2, -0.15) is 0 Å². The van der Waals surface area contributed by atoms with Gasteiger partial charge in [0.2, 0.25) is 47.3 Å². The molecule has 4 aliphatic heterocycles. The van der Waals surface area contributed by atoms with Gasteiger partial charge < -0.3 is 67.7 Å². The first-order valence-corrected chi connectivity index (χ1v) is 32.3. The van der Waals surface area contributed by atoms with Crippen molar-refractivity contribution in [1.82, 2.24) is 52.0 Å². The van der Waals surface area contributed by atoms with Crippen LogP contribution in [0.3, 0.4) is 0 Å². The van der Waals surface area contributed by atoms with E-state index in [1.165, 1.54) is 6.92 Å². The van der Waals surface area contributed by atoms with Gasteiger partial charge in [0.25, 0.3) is 11.8 Å². The number of carbonyl (C=O) groups excluding carboxylic acids is 13. The number of nitrogens with zero attached hydrogens (tertiary/aromatic N) is 2. The van der Waals surface area contributed by atoms with E-state index in [9.17, 15) is 68.1 Å². The van der Waals surface area contributed by atoms with Crippen LogP contribution in [0.25, 0.3) is 10.9 Å². The first kappa shape index (κ1) is 71.8. The number of aromatic nitrogens is 1. The van der Waals surface area contributed by atoms with Gasteiger partial charge in [-0.25, -0.2) is 0 Å². The Kier molecular flexibility index (Phi) is 25.3. The molecule has 502 valence electrons. The number of thioether (sulfide) groups is 1. The number of H-pyrrole nitrogens is 1. The number of benzene rings is 2. The molecule has 2 bridgehead atoms. The van der Waals surface area contributed by atoms with Gasteiger partial charge in [0.1, 0.15) is 12.1 Å². The Bertz CT molecular complexity index is 3370. The third-order valence-electron chi connectivity index (χ3n) is 17.4. The van der Waals surface area contributed by atoms with Crippen LogP contribution in [0, 0.1) is 35.5 Å². The Morgan fingerprint density at radius 2 is 1.48 bits per heavy atom. The second-order valence-electron chi connectivity index (χ2n) is 24.8. The fourth-order valence-corrected chi connectivity index (χ4v) is 12.8. The number of carbonyl (C=O) groups is 13. The number of hydrogen-bond donors (Lipinski definition) is 12.